The number of aromatic nitrogens is 2. The van der Waals surface area contributed by atoms with Crippen LogP contribution in [0.25, 0.3) is 11.3 Å². The molecule has 1 aliphatic heterocycles. The topological polar surface area (TPSA) is 75.2 Å². The van der Waals surface area contributed by atoms with Gasteiger partial charge >= 0.3 is 0 Å². The number of benzene rings is 1. The molecule has 0 saturated carbocycles. The molecule has 2 aliphatic carbocycles. The summed E-state index contributed by atoms with van der Waals surface area (Å²) in [5.74, 6) is 0.792. The van der Waals surface area contributed by atoms with Gasteiger partial charge in [0, 0.05) is 35.8 Å². The van der Waals surface area contributed by atoms with E-state index in [9.17, 15) is 12.8 Å². The van der Waals surface area contributed by atoms with Crippen LogP contribution in [0.3, 0.4) is 0 Å². The molecule has 0 radical (unpaired) electrons. The SMILES string of the molecule is C[C@H]1CCN1c1nc2c(c(-c3ccc4c(c3)CC(F)C4NS(C)(=O)=O)n1)CCC2. The van der Waals surface area contributed by atoms with Gasteiger partial charge in [-0.05, 0) is 49.8 Å². The van der Waals surface area contributed by atoms with Gasteiger partial charge in [-0.15, -0.1) is 0 Å². The molecular formula is C21H25FN4O2S. The third-order valence-corrected chi connectivity index (χ3v) is 7.05. The van der Waals surface area contributed by atoms with E-state index in [4.69, 9.17) is 9.97 Å². The number of sulfonamides is 1. The summed E-state index contributed by atoms with van der Waals surface area (Å²) in [5.41, 5.74) is 5.80. The number of nitrogens with one attached hydrogen (secondary N) is 1. The van der Waals surface area contributed by atoms with E-state index in [0.717, 1.165) is 66.9 Å². The monoisotopic (exact) mass is 416 g/mol. The zero-order chi connectivity index (χ0) is 20.3. The van der Waals surface area contributed by atoms with E-state index in [0.29, 0.717) is 11.6 Å². The Hall–Kier alpha value is -2.06. The van der Waals surface area contributed by atoms with Crippen LogP contribution in [0.4, 0.5) is 10.3 Å². The quantitative estimate of drug-likeness (QED) is 0.830. The van der Waals surface area contributed by atoms with Gasteiger partial charge in [-0.25, -0.2) is 27.5 Å². The standard InChI is InChI=1S/C21H25FN4O2S/c1-12-8-9-26(12)21-23-18-5-3-4-16(18)19(24-21)13-6-7-15-14(10-13)11-17(22)20(15)25-29(2,27)28/h6-7,10,12,17,20,25H,3-5,8-9,11H2,1-2H3/t12-,17?,20?/m0/s1. The van der Waals surface area contributed by atoms with E-state index < -0.39 is 22.2 Å². The van der Waals surface area contributed by atoms with Crippen molar-refractivity contribution in [1.29, 1.82) is 0 Å². The zero-order valence-electron chi connectivity index (χ0n) is 16.7. The Labute approximate surface area is 170 Å². The van der Waals surface area contributed by atoms with E-state index in [2.05, 4.69) is 16.5 Å². The molecule has 0 amide bonds. The number of hydrogen-bond acceptors (Lipinski definition) is 5. The zero-order valence-corrected chi connectivity index (χ0v) is 17.5. The lowest BCUT2D eigenvalue weighted by Crippen LogP contribution is -2.46. The second-order valence-corrected chi connectivity index (χ2v) is 10.3. The van der Waals surface area contributed by atoms with Crippen molar-refractivity contribution in [3.05, 3.63) is 40.6 Å². The average molecular weight is 417 g/mol. The van der Waals surface area contributed by atoms with Crippen LogP contribution in [-0.4, -0.2) is 43.4 Å². The molecule has 2 aromatic rings. The van der Waals surface area contributed by atoms with Gasteiger partial charge in [0.1, 0.15) is 6.17 Å². The molecule has 8 heteroatoms. The van der Waals surface area contributed by atoms with Crippen molar-refractivity contribution < 1.29 is 12.8 Å². The molecule has 1 aromatic carbocycles. The van der Waals surface area contributed by atoms with E-state index >= 15 is 0 Å². The van der Waals surface area contributed by atoms with Gasteiger partial charge in [0.05, 0.1) is 18.0 Å². The largest absolute Gasteiger partial charge is 0.338 e. The van der Waals surface area contributed by atoms with Crippen molar-refractivity contribution >= 4 is 16.0 Å². The molecule has 3 atom stereocenters. The summed E-state index contributed by atoms with van der Waals surface area (Å²) in [6.45, 7) is 3.16. The van der Waals surface area contributed by atoms with Crippen LogP contribution in [0, 0.1) is 0 Å². The van der Waals surface area contributed by atoms with Crippen LogP contribution in [0.15, 0.2) is 18.2 Å². The van der Waals surface area contributed by atoms with Gasteiger partial charge in [-0.2, -0.15) is 0 Å². The number of fused-ring (bicyclic) bond motifs is 2. The smallest absolute Gasteiger partial charge is 0.226 e. The van der Waals surface area contributed by atoms with Crippen LogP contribution in [0.2, 0.25) is 0 Å². The highest BCUT2D eigenvalue weighted by atomic mass is 32.2. The second kappa shape index (κ2) is 6.74. The molecule has 0 spiro atoms. The average Bonchev–Trinajstić information content (AvgIpc) is 3.23. The summed E-state index contributed by atoms with van der Waals surface area (Å²) in [4.78, 5) is 12.0. The number of nitrogens with zero attached hydrogens (tertiary/aromatic N) is 3. The maximum absolute atomic E-state index is 14.6. The number of hydrogen-bond donors (Lipinski definition) is 1. The Morgan fingerprint density at radius 2 is 2.07 bits per heavy atom. The van der Waals surface area contributed by atoms with E-state index in [-0.39, 0.29) is 6.42 Å². The molecular weight excluding hydrogens is 391 g/mol. The molecule has 5 rings (SSSR count). The third-order valence-electron chi connectivity index (χ3n) is 6.37. The van der Waals surface area contributed by atoms with Crippen LogP contribution in [0.5, 0.6) is 0 Å². The molecule has 3 aliphatic rings. The van der Waals surface area contributed by atoms with Crippen molar-refractivity contribution in [1.82, 2.24) is 14.7 Å². The summed E-state index contributed by atoms with van der Waals surface area (Å²) in [6, 6.07) is 5.41. The highest BCUT2D eigenvalue weighted by Crippen LogP contribution is 2.39. The highest BCUT2D eigenvalue weighted by Gasteiger charge is 2.35. The van der Waals surface area contributed by atoms with Crippen molar-refractivity contribution in [2.24, 2.45) is 0 Å². The lowest BCUT2D eigenvalue weighted by Gasteiger charge is -2.39. The van der Waals surface area contributed by atoms with E-state index in [1.54, 1.807) is 0 Å². The Morgan fingerprint density at radius 1 is 1.24 bits per heavy atom. The Bertz CT molecular complexity index is 1090. The third kappa shape index (κ3) is 3.32. The summed E-state index contributed by atoms with van der Waals surface area (Å²) in [6.07, 6.45) is 4.17. The molecule has 1 fully saturated rings. The van der Waals surface area contributed by atoms with Crippen LogP contribution in [-0.2, 0) is 29.3 Å². The normalized spacial score (nSPS) is 25.6. The fourth-order valence-corrected chi connectivity index (χ4v) is 5.46. The lowest BCUT2D eigenvalue weighted by molar-refractivity contribution is 0.290. The first-order chi connectivity index (χ1) is 13.8. The number of alkyl halides is 1. The van der Waals surface area contributed by atoms with Gasteiger partial charge < -0.3 is 4.90 Å². The van der Waals surface area contributed by atoms with E-state index in [1.165, 1.54) is 5.56 Å². The number of aryl methyl sites for hydroxylation is 1. The second-order valence-electron chi connectivity index (χ2n) is 8.48. The van der Waals surface area contributed by atoms with Gasteiger partial charge in [0.2, 0.25) is 16.0 Å². The van der Waals surface area contributed by atoms with Gasteiger partial charge in [0.25, 0.3) is 0 Å². The summed E-state index contributed by atoms with van der Waals surface area (Å²) in [7, 11) is -3.49. The van der Waals surface area contributed by atoms with Crippen molar-refractivity contribution in [2.45, 2.75) is 57.3 Å². The molecule has 2 heterocycles. The van der Waals surface area contributed by atoms with Crippen LogP contribution < -0.4 is 9.62 Å². The first-order valence-corrected chi connectivity index (χ1v) is 12.1. The maximum Gasteiger partial charge on any atom is 0.226 e. The summed E-state index contributed by atoms with van der Waals surface area (Å²) < 4.78 is 40.2. The fraction of sp³-hybridized carbons (Fsp3) is 0.524. The van der Waals surface area contributed by atoms with Crippen molar-refractivity contribution in [3.8, 4) is 11.3 Å². The Kier molecular flexibility index (Phi) is 4.40. The summed E-state index contributed by atoms with van der Waals surface area (Å²) >= 11 is 0. The van der Waals surface area contributed by atoms with Gasteiger partial charge in [-0.3, -0.25) is 0 Å². The van der Waals surface area contributed by atoms with Crippen LogP contribution in [0.1, 0.15) is 48.2 Å². The minimum absolute atomic E-state index is 0.208. The predicted octanol–water partition coefficient (Wildman–Crippen LogP) is 2.72. The maximum atomic E-state index is 14.6. The minimum Gasteiger partial charge on any atom is -0.338 e. The molecule has 1 N–H and O–H groups in total. The fourth-order valence-electron chi connectivity index (χ4n) is 4.72. The molecule has 1 aromatic heterocycles. The predicted molar refractivity (Wildman–Crippen MR) is 110 cm³/mol. The molecule has 6 nitrogen and oxygen atoms in total. The number of anilines is 1. The summed E-state index contributed by atoms with van der Waals surface area (Å²) in [5, 5.41) is 0. The minimum atomic E-state index is -3.49. The Balaban J connectivity index is 1.55. The molecule has 29 heavy (non-hydrogen) atoms. The van der Waals surface area contributed by atoms with Crippen molar-refractivity contribution in [3.63, 3.8) is 0 Å². The van der Waals surface area contributed by atoms with Crippen LogP contribution >= 0.6 is 0 Å². The molecule has 0 bridgehead atoms. The first-order valence-electron chi connectivity index (χ1n) is 10.2. The molecule has 1 saturated heterocycles. The number of rotatable bonds is 4. The van der Waals surface area contributed by atoms with Gasteiger partial charge in [0.15, 0.2) is 0 Å². The first kappa shape index (κ1) is 18.9. The lowest BCUT2D eigenvalue weighted by atomic mass is 9.99. The van der Waals surface area contributed by atoms with Crippen molar-refractivity contribution in [2.75, 3.05) is 17.7 Å². The Morgan fingerprint density at radius 3 is 2.76 bits per heavy atom. The van der Waals surface area contributed by atoms with Gasteiger partial charge in [-0.1, -0.05) is 12.1 Å². The molecule has 2 unspecified atom stereocenters. The van der Waals surface area contributed by atoms with E-state index in [1.807, 2.05) is 18.2 Å². The number of halogens is 1. The highest BCUT2D eigenvalue weighted by molar-refractivity contribution is 7.88. The molecule has 154 valence electrons.